The van der Waals surface area contributed by atoms with Crippen LogP contribution < -0.4 is 19.7 Å². The largest absolute Gasteiger partial charge is 0.493 e. The molecule has 148 valence electrons. The van der Waals surface area contributed by atoms with Crippen LogP contribution in [-0.4, -0.2) is 81.3 Å². The van der Waals surface area contributed by atoms with Gasteiger partial charge in [0, 0.05) is 50.9 Å². The number of nitrogens with zero attached hydrogens (tertiary/aromatic N) is 3. The SMILES string of the molecule is CCN1CCN(C(=O)N[C@H]2CC(=O)N(c3ccc(OC)c(OC)c3)C2)CC1. The molecule has 0 unspecified atom stereocenters. The van der Waals surface area contributed by atoms with Crippen molar-refractivity contribution < 1.29 is 19.1 Å². The highest BCUT2D eigenvalue weighted by Crippen LogP contribution is 2.33. The first-order chi connectivity index (χ1) is 13.0. The molecule has 0 bridgehead atoms. The lowest BCUT2D eigenvalue weighted by molar-refractivity contribution is -0.117. The number of urea groups is 1. The van der Waals surface area contributed by atoms with Crippen molar-refractivity contribution in [1.29, 1.82) is 0 Å². The zero-order valence-electron chi connectivity index (χ0n) is 16.2. The maximum atomic E-state index is 12.5. The Labute approximate surface area is 160 Å². The fourth-order valence-corrected chi connectivity index (χ4v) is 3.58. The molecular weight excluding hydrogens is 348 g/mol. The number of hydrogen-bond acceptors (Lipinski definition) is 5. The molecule has 8 heteroatoms. The molecule has 0 radical (unpaired) electrons. The highest BCUT2D eigenvalue weighted by atomic mass is 16.5. The number of ether oxygens (including phenoxy) is 2. The Bertz CT molecular complexity index is 688. The Kier molecular flexibility index (Phi) is 6.05. The van der Waals surface area contributed by atoms with E-state index in [2.05, 4.69) is 17.1 Å². The van der Waals surface area contributed by atoms with Crippen molar-refractivity contribution in [1.82, 2.24) is 15.1 Å². The second-order valence-corrected chi connectivity index (χ2v) is 6.82. The number of benzene rings is 1. The van der Waals surface area contributed by atoms with Gasteiger partial charge in [0.25, 0.3) is 0 Å². The maximum absolute atomic E-state index is 12.5. The molecule has 1 atom stereocenters. The average molecular weight is 376 g/mol. The van der Waals surface area contributed by atoms with Crippen LogP contribution in [0.2, 0.25) is 0 Å². The van der Waals surface area contributed by atoms with Crippen molar-refractivity contribution in [3.63, 3.8) is 0 Å². The van der Waals surface area contributed by atoms with Crippen LogP contribution in [0.4, 0.5) is 10.5 Å². The molecule has 1 N–H and O–H groups in total. The quantitative estimate of drug-likeness (QED) is 0.835. The molecular formula is C19H28N4O4. The van der Waals surface area contributed by atoms with Crippen LogP contribution in [0.1, 0.15) is 13.3 Å². The molecule has 27 heavy (non-hydrogen) atoms. The number of amides is 3. The molecule has 0 saturated carbocycles. The van der Waals surface area contributed by atoms with E-state index in [1.54, 1.807) is 31.3 Å². The first kappa shape index (κ1) is 19.3. The van der Waals surface area contributed by atoms with Gasteiger partial charge in [-0.25, -0.2) is 4.79 Å². The Hall–Kier alpha value is -2.48. The fourth-order valence-electron chi connectivity index (χ4n) is 3.58. The van der Waals surface area contributed by atoms with Gasteiger partial charge in [-0.2, -0.15) is 0 Å². The summed E-state index contributed by atoms with van der Waals surface area (Å²) in [6, 6.07) is 5.11. The van der Waals surface area contributed by atoms with Crippen molar-refractivity contribution in [2.45, 2.75) is 19.4 Å². The topological polar surface area (TPSA) is 74.4 Å². The molecule has 0 spiro atoms. The van der Waals surface area contributed by atoms with E-state index in [-0.39, 0.29) is 18.0 Å². The summed E-state index contributed by atoms with van der Waals surface area (Å²) in [4.78, 5) is 30.8. The molecule has 3 amide bonds. The molecule has 1 aromatic carbocycles. The van der Waals surface area contributed by atoms with Crippen molar-refractivity contribution in [3.05, 3.63) is 18.2 Å². The van der Waals surface area contributed by atoms with Crippen molar-refractivity contribution >= 4 is 17.6 Å². The highest BCUT2D eigenvalue weighted by molar-refractivity contribution is 5.97. The molecule has 8 nitrogen and oxygen atoms in total. The fraction of sp³-hybridized carbons (Fsp3) is 0.579. The second-order valence-electron chi connectivity index (χ2n) is 6.82. The van der Waals surface area contributed by atoms with Gasteiger partial charge >= 0.3 is 6.03 Å². The summed E-state index contributed by atoms with van der Waals surface area (Å²) in [5, 5.41) is 3.01. The number of nitrogens with one attached hydrogen (secondary N) is 1. The number of rotatable bonds is 5. The van der Waals surface area contributed by atoms with E-state index in [0.29, 0.717) is 24.5 Å². The zero-order valence-corrected chi connectivity index (χ0v) is 16.2. The summed E-state index contributed by atoms with van der Waals surface area (Å²) in [5.41, 5.74) is 0.742. The average Bonchev–Trinajstić information content (AvgIpc) is 3.07. The van der Waals surface area contributed by atoms with Gasteiger partial charge in [0.15, 0.2) is 11.5 Å². The van der Waals surface area contributed by atoms with Crippen LogP contribution in [-0.2, 0) is 4.79 Å². The Balaban J connectivity index is 1.60. The van der Waals surface area contributed by atoms with Gasteiger partial charge in [0.1, 0.15) is 0 Å². The first-order valence-corrected chi connectivity index (χ1v) is 9.36. The molecule has 2 aliphatic heterocycles. The van der Waals surface area contributed by atoms with Gasteiger partial charge in [-0.15, -0.1) is 0 Å². The van der Waals surface area contributed by atoms with E-state index in [4.69, 9.17) is 9.47 Å². The van der Waals surface area contributed by atoms with Crippen LogP contribution in [0.15, 0.2) is 18.2 Å². The molecule has 3 rings (SSSR count). The van der Waals surface area contributed by atoms with Gasteiger partial charge in [-0.05, 0) is 18.7 Å². The van der Waals surface area contributed by atoms with E-state index in [9.17, 15) is 9.59 Å². The van der Waals surface area contributed by atoms with Crippen LogP contribution in [0.3, 0.4) is 0 Å². The smallest absolute Gasteiger partial charge is 0.317 e. The lowest BCUT2D eigenvalue weighted by atomic mass is 10.2. The minimum absolute atomic E-state index is 0.0108. The summed E-state index contributed by atoms with van der Waals surface area (Å²) in [6.45, 7) is 6.82. The number of piperazine rings is 1. The van der Waals surface area contributed by atoms with Crippen molar-refractivity contribution in [2.24, 2.45) is 0 Å². The third-order valence-corrected chi connectivity index (χ3v) is 5.24. The van der Waals surface area contributed by atoms with Crippen LogP contribution in [0, 0.1) is 0 Å². The third-order valence-electron chi connectivity index (χ3n) is 5.24. The Morgan fingerprint density at radius 1 is 1.15 bits per heavy atom. The van der Waals surface area contributed by atoms with E-state index in [1.165, 1.54) is 0 Å². The summed E-state index contributed by atoms with van der Waals surface area (Å²) >= 11 is 0. The zero-order chi connectivity index (χ0) is 19.4. The summed E-state index contributed by atoms with van der Waals surface area (Å²) in [7, 11) is 3.14. The van der Waals surface area contributed by atoms with E-state index < -0.39 is 0 Å². The molecule has 1 aromatic rings. The molecule has 2 saturated heterocycles. The molecule has 0 aromatic heterocycles. The summed E-state index contributed by atoms with van der Waals surface area (Å²) in [6.07, 6.45) is 0.301. The lowest BCUT2D eigenvalue weighted by Gasteiger charge is -2.34. The standard InChI is InChI=1S/C19H28N4O4/c1-4-21-7-9-22(10-8-21)19(25)20-14-11-18(24)23(13-14)15-5-6-16(26-2)17(12-15)27-3/h5-6,12,14H,4,7-11,13H2,1-3H3,(H,20,25)/t14-/m0/s1. The minimum atomic E-state index is -0.192. The first-order valence-electron chi connectivity index (χ1n) is 9.36. The Morgan fingerprint density at radius 3 is 2.48 bits per heavy atom. The number of methoxy groups -OCH3 is 2. The summed E-state index contributed by atoms with van der Waals surface area (Å²) < 4.78 is 10.6. The van der Waals surface area contributed by atoms with Crippen molar-refractivity contribution in [2.75, 3.05) is 58.4 Å². The summed E-state index contributed by atoms with van der Waals surface area (Å²) in [5.74, 6) is 1.18. The minimum Gasteiger partial charge on any atom is -0.493 e. The van der Waals surface area contributed by atoms with E-state index in [1.807, 2.05) is 11.0 Å². The predicted molar refractivity (Wildman–Crippen MR) is 103 cm³/mol. The number of carbonyl (C=O) groups is 2. The van der Waals surface area contributed by atoms with Gasteiger partial charge in [-0.3, -0.25) is 4.79 Å². The predicted octanol–water partition coefficient (Wildman–Crippen LogP) is 1.16. The second kappa shape index (κ2) is 8.47. The number of hydrogen-bond donors (Lipinski definition) is 1. The number of anilines is 1. The van der Waals surface area contributed by atoms with E-state index >= 15 is 0 Å². The maximum Gasteiger partial charge on any atom is 0.317 e. The molecule has 0 aliphatic carbocycles. The van der Waals surface area contributed by atoms with Gasteiger partial charge in [0.2, 0.25) is 5.91 Å². The highest BCUT2D eigenvalue weighted by Gasteiger charge is 2.33. The lowest BCUT2D eigenvalue weighted by Crippen LogP contribution is -2.53. The molecule has 2 aliphatic rings. The number of carbonyl (C=O) groups excluding carboxylic acids is 2. The van der Waals surface area contributed by atoms with Crippen LogP contribution in [0.5, 0.6) is 11.5 Å². The normalized spacial score (nSPS) is 20.7. The molecule has 2 fully saturated rings. The van der Waals surface area contributed by atoms with Crippen LogP contribution >= 0.6 is 0 Å². The van der Waals surface area contributed by atoms with E-state index in [0.717, 1.165) is 38.4 Å². The Morgan fingerprint density at radius 2 is 1.85 bits per heavy atom. The van der Waals surface area contributed by atoms with Crippen LogP contribution in [0.25, 0.3) is 0 Å². The van der Waals surface area contributed by atoms with Crippen molar-refractivity contribution in [3.8, 4) is 11.5 Å². The van der Waals surface area contributed by atoms with Gasteiger partial charge in [-0.1, -0.05) is 6.92 Å². The monoisotopic (exact) mass is 376 g/mol. The third kappa shape index (κ3) is 4.27. The van der Waals surface area contributed by atoms with Gasteiger partial charge < -0.3 is 29.5 Å². The molecule has 2 heterocycles. The van der Waals surface area contributed by atoms with Gasteiger partial charge in [0.05, 0.1) is 20.3 Å². The number of likely N-dealkylation sites (N-methyl/N-ethyl adjacent to an activating group) is 1.